The lowest BCUT2D eigenvalue weighted by Gasteiger charge is -2.20. The summed E-state index contributed by atoms with van der Waals surface area (Å²) in [6.45, 7) is 0.444. The summed E-state index contributed by atoms with van der Waals surface area (Å²) < 4.78 is 1.82. The fraction of sp³-hybridized carbons (Fsp3) is 0.0476. The van der Waals surface area contributed by atoms with Gasteiger partial charge in [-0.05, 0) is 42.0 Å². The van der Waals surface area contributed by atoms with Crippen LogP contribution in [0.5, 0.6) is 0 Å². The number of halogens is 2. The number of hydrogen-bond acceptors (Lipinski definition) is 3. The molecule has 3 nitrogen and oxygen atoms in total. The number of thiazole rings is 1. The Bertz CT molecular complexity index is 1110. The molecular formula is C21H14BrClN2OS. The highest BCUT2D eigenvalue weighted by molar-refractivity contribution is 9.10. The molecule has 0 bridgehead atoms. The molecule has 0 aliphatic rings. The largest absolute Gasteiger partial charge is 0.279 e. The zero-order valence-electron chi connectivity index (χ0n) is 14.1. The smallest absolute Gasteiger partial charge is 0.260 e. The molecule has 4 aromatic rings. The van der Waals surface area contributed by atoms with E-state index in [0.29, 0.717) is 22.3 Å². The van der Waals surface area contributed by atoms with Crippen LogP contribution in [0.3, 0.4) is 0 Å². The summed E-state index contributed by atoms with van der Waals surface area (Å²) in [5.41, 5.74) is 2.48. The summed E-state index contributed by atoms with van der Waals surface area (Å²) in [6, 6.07) is 22.9. The number of aromatic nitrogens is 1. The van der Waals surface area contributed by atoms with Gasteiger partial charge in [0.15, 0.2) is 5.13 Å². The molecular weight excluding hydrogens is 444 g/mol. The van der Waals surface area contributed by atoms with Crippen LogP contribution >= 0.6 is 38.9 Å². The topological polar surface area (TPSA) is 33.2 Å². The van der Waals surface area contributed by atoms with E-state index >= 15 is 0 Å². The average molecular weight is 458 g/mol. The van der Waals surface area contributed by atoms with Gasteiger partial charge in [-0.1, -0.05) is 75.3 Å². The normalized spacial score (nSPS) is 10.9. The molecule has 0 N–H and O–H groups in total. The second-order valence-corrected chi connectivity index (χ2v) is 8.36. The second-order valence-electron chi connectivity index (χ2n) is 6.00. The third-order valence-electron chi connectivity index (χ3n) is 4.07. The van der Waals surface area contributed by atoms with Gasteiger partial charge in [-0.15, -0.1) is 0 Å². The number of amides is 1. The van der Waals surface area contributed by atoms with E-state index in [-0.39, 0.29) is 5.91 Å². The van der Waals surface area contributed by atoms with E-state index in [0.717, 1.165) is 20.3 Å². The number of nitrogens with zero attached hydrogens (tertiary/aromatic N) is 2. The van der Waals surface area contributed by atoms with Crippen LogP contribution in [-0.4, -0.2) is 10.9 Å². The zero-order valence-corrected chi connectivity index (χ0v) is 17.3. The van der Waals surface area contributed by atoms with Gasteiger partial charge in [0.1, 0.15) is 0 Å². The van der Waals surface area contributed by atoms with Crippen LogP contribution in [-0.2, 0) is 6.54 Å². The van der Waals surface area contributed by atoms with Crippen LogP contribution in [0.1, 0.15) is 15.9 Å². The molecule has 6 heteroatoms. The van der Waals surface area contributed by atoms with Crippen molar-refractivity contribution in [2.24, 2.45) is 0 Å². The van der Waals surface area contributed by atoms with Crippen LogP contribution in [0.2, 0.25) is 5.02 Å². The van der Waals surface area contributed by atoms with Gasteiger partial charge in [0, 0.05) is 15.1 Å². The Labute approximate surface area is 174 Å². The van der Waals surface area contributed by atoms with E-state index in [9.17, 15) is 4.79 Å². The molecule has 4 rings (SSSR count). The minimum absolute atomic E-state index is 0.0923. The summed E-state index contributed by atoms with van der Waals surface area (Å²) in [6.07, 6.45) is 0. The van der Waals surface area contributed by atoms with Crippen molar-refractivity contribution in [3.8, 4) is 0 Å². The standard InChI is InChI=1S/C21H14BrClN2OS/c22-16-8-4-7-15(11-16)20(26)25(13-14-5-2-1-3-6-14)21-24-18-10-9-17(23)12-19(18)27-21/h1-12H,13H2. The maximum absolute atomic E-state index is 13.3. The van der Waals surface area contributed by atoms with E-state index in [1.165, 1.54) is 11.3 Å². The van der Waals surface area contributed by atoms with Gasteiger partial charge >= 0.3 is 0 Å². The molecule has 0 spiro atoms. The van der Waals surface area contributed by atoms with Crippen molar-refractivity contribution in [3.63, 3.8) is 0 Å². The SMILES string of the molecule is O=C(c1cccc(Br)c1)N(Cc1ccccc1)c1nc2ccc(Cl)cc2s1. The molecule has 3 aromatic carbocycles. The van der Waals surface area contributed by atoms with E-state index < -0.39 is 0 Å². The predicted octanol–water partition coefficient (Wildman–Crippen LogP) is 6.56. The molecule has 1 aromatic heterocycles. The van der Waals surface area contributed by atoms with Crippen molar-refractivity contribution < 1.29 is 4.79 Å². The third-order valence-corrected chi connectivity index (χ3v) is 5.84. The predicted molar refractivity (Wildman–Crippen MR) is 116 cm³/mol. The van der Waals surface area contributed by atoms with Gasteiger partial charge in [-0.3, -0.25) is 9.69 Å². The zero-order chi connectivity index (χ0) is 18.8. The molecule has 0 fully saturated rings. The maximum Gasteiger partial charge on any atom is 0.260 e. The molecule has 0 unspecified atom stereocenters. The number of carbonyl (C=O) groups is 1. The lowest BCUT2D eigenvalue weighted by Crippen LogP contribution is -2.30. The fourth-order valence-electron chi connectivity index (χ4n) is 2.77. The minimum Gasteiger partial charge on any atom is -0.279 e. The number of benzene rings is 3. The van der Waals surface area contributed by atoms with E-state index in [1.54, 1.807) is 4.90 Å². The molecule has 27 heavy (non-hydrogen) atoms. The van der Waals surface area contributed by atoms with Crippen LogP contribution in [0, 0.1) is 0 Å². The molecule has 1 amide bonds. The molecule has 1 heterocycles. The molecule has 0 saturated carbocycles. The monoisotopic (exact) mass is 456 g/mol. The summed E-state index contributed by atoms with van der Waals surface area (Å²) in [5, 5.41) is 1.31. The Kier molecular flexibility index (Phi) is 5.25. The average Bonchev–Trinajstić information content (AvgIpc) is 3.09. The lowest BCUT2D eigenvalue weighted by molar-refractivity contribution is 0.0985. The van der Waals surface area contributed by atoms with Crippen molar-refractivity contribution in [1.82, 2.24) is 4.98 Å². The number of hydrogen-bond donors (Lipinski definition) is 0. The third kappa shape index (κ3) is 4.05. The van der Waals surface area contributed by atoms with Gasteiger partial charge in [-0.2, -0.15) is 0 Å². The van der Waals surface area contributed by atoms with Crippen LogP contribution in [0.15, 0.2) is 77.3 Å². The molecule has 0 aliphatic carbocycles. The highest BCUT2D eigenvalue weighted by Crippen LogP contribution is 2.32. The molecule has 0 radical (unpaired) electrons. The van der Waals surface area contributed by atoms with E-state index in [1.807, 2.05) is 72.8 Å². The van der Waals surface area contributed by atoms with Crippen molar-refractivity contribution in [3.05, 3.63) is 93.4 Å². The number of rotatable bonds is 4. The fourth-order valence-corrected chi connectivity index (χ4v) is 4.41. The van der Waals surface area contributed by atoms with Gasteiger partial charge in [0.05, 0.1) is 16.8 Å². The first-order valence-electron chi connectivity index (χ1n) is 8.27. The Morgan fingerprint density at radius 3 is 2.63 bits per heavy atom. The Morgan fingerprint density at radius 1 is 1.04 bits per heavy atom. The lowest BCUT2D eigenvalue weighted by atomic mass is 10.1. The Hall–Kier alpha value is -2.21. The van der Waals surface area contributed by atoms with Gasteiger partial charge in [0.25, 0.3) is 5.91 Å². The molecule has 0 saturated heterocycles. The van der Waals surface area contributed by atoms with Gasteiger partial charge in [-0.25, -0.2) is 4.98 Å². The first-order valence-corrected chi connectivity index (χ1v) is 10.3. The summed E-state index contributed by atoms with van der Waals surface area (Å²) in [4.78, 5) is 19.7. The molecule has 134 valence electrons. The van der Waals surface area contributed by atoms with Gasteiger partial charge < -0.3 is 0 Å². The first-order chi connectivity index (χ1) is 13.1. The summed E-state index contributed by atoms with van der Waals surface area (Å²) >= 11 is 11.0. The van der Waals surface area contributed by atoms with E-state index in [2.05, 4.69) is 20.9 Å². The van der Waals surface area contributed by atoms with Crippen LogP contribution < -0.4 is 4.90 Å². The summed E-state index contributed by atoms with van der Waals surface area (Å²) in [5.74, 6) is -0.0923. The molecule has 0 aliphatic heterocycles. The van der Waals surface area contributed by atoms with Crippen molar-refractivity contribution in [2.45, 2.75) is 6.54 Å². The van der Waals surface area contributed by atoms with Crippen LogP contribution in [0.25, 0.3) is 10.2 Å². The van der Waals surface area contributed by atoms with Crippen molar-refractivity contribution >= 4 is 60.1 Å². The summed E-state index contributed by atoms with van der Waals surface area (Å²) in [7, 11) is 0. The molecule has 0 atom stereocenters. The number of fused-ring (bicyclic) bond motifs is 1. The first kappa shape index (κ1) is 18.2. The van der Waals surface area contributed by atoms with Crippen molar-refractivity contribution in [2.75, 3.05) is 4.90 Å². The number of anilines is 1. The maximum atomic E-state index is 13.3. The highest BCUT2D eigenvalue weighted by atomic mass is 79.9. The Balaban J connectivity index is 1.77. The van der Waals surface area contributed by atoms with Crippen LogP contribution in [0.4, 0.5) is 5.13 Å². The highest BCUT2D eigenvalue weighted by Gasteiger charge is 2.22. The Morgan fingerprint density at radius 2 is 1.85 bits per heavy atom. The van der Waals surface area contributed by atoms with E-state index in [4.69, 9.17) is 11.6 Å². The minimum atomic E-state index is -0.0923. The number of carbonyl (C=O) groups excluding carboxylic acids is 1. The quantitative estimate of drug-likeness (QED) is 0.348. The second kappa shape index (κ2) is 7.80. The van der Waals surface area contributed by atoms with Gasteiger partial charge in [0.2, 0.25) is 0 Å². The van der Waals surface area contributed by atoms with Crippen molar-refractivity contribution in [1.29, 1.82) is 0 Å².